The van der Waals surface area contributed by atoms with E-state index >= 15 is 0 Å². The van der Waals surface area contributed by atoms with Crippen molar-refractivity contribution in [1.82, 2.24) is 0 Å². The van der Waals surface area contributed by atoms with Gasteiger partial charge in [0.25, 0.3) is 0 Å². The fourth-order valence-electron chi connectivity index (χ4n) is 4.60. The van der Waals surface area contributed by atoms with E-state index in [1.54, 1.807) is 0 Å². The van der Waals surface area contributed by atoms with Crippen LogP contribution in [0.2, 0.25) is 0 Å². The maximum absolute atomic E-state index is 12.3. The van der Waals surface area contributed by atoms with Crippen molar-refractivity contribution in [2.45, 2.75) is 31.8 Å². The molecule has 2 aliphatic carbocycles. The number of ketones is 1. The zero-order chi connectivity index (χ0) is 13.2. The summed E-state index contributed by atoms with van der Waals surface area (Å²) in [4.78, 5) is 24.5. The van der Waals surface area contributed by atoms with Gasteiger partial charge in [0.05, 0.1) is 11.5 Å². The first-order chi connectivity index (χ1) is 9.14. The summed E-state index contributed by atoms with van der Waals surface area (Å²) in [5, 5.41) is 0. The standard InChI is InChI=1S/C16H16O3/c1-9-8-10-6-7-13(17)14(9)16(10)12-5-3-2-4-11(12)15(18)19-16/h2-5,9-10,14H,6-8H2,1H3. The van der Waals surface area contributed by atoms with E-state index < -0.39 is 5.60 Å². The van der Waals surface area contributed by atoms with Crippen molar-refractivity contribution in [2.75, 3.05) is 0 Å². The van der Waals surface area contributed by atoms with E-state index in [1.165, 1.54) is 0 Å². The van der Waals surface area contributed by atoms with Crippen LogP contribution in [-0.4, -0.2) is 11.8 Å². The third kappa shape index (κ3) is 1.18. The van der Waals surface area contributed by atoms with Crippen LogP contribution in [0.4, 0.5) is 0 Å². The maximum Gasteiger partial charge on any atom is 0.339 e. The third-order valence-electron chi connectivity index (χ3n) is 5.21. The lowest BCUT2D eigenvalue weighted by Crippen LogP contribution is -2.45. The number of carbonyl (C=O) groups is 2. The first-order valence-electron chi connectivity index (χ1n) is 7.00. The molecular formula is C16H16O3. The Balaban J connectivity index is 1.96. The molecule has 1 spiro atoms. The lowest BCUT2D eigenvalue weighted by atomic mass is 9.69. The number of ether oxygens (including phenoxy) is 1. The van der Waals surface area contributed by atoms with Crippen LogP contribution in [-0.2, 0) is 15.1 Å². The molecule has 0 aromatic heterocycles. The molecule has 2 bridgehead atoms. The lowest BCUT2D eigenvalue weighted by Gasteiger charge is -2.39. The number of hydrogen-bond donors (Lipinski definition) is 0. The second kappa shape index (κ2) is 3.47. The zero-order valence-corrected chi connectivity index (χ0v) is 10.9. The predicted molar refractivity (Wildman–Crippen MR) is 68.5 cm³/mol. The largest absolute Gasteiger partial charge is 0.449 e. The molecule has 0 amide bonds. The molecule has 2 saturated carbocycles. The van der Waals surface area contributed by atoms with Gasteiger partial charge in [-0.1, -0.05) is 25.1 Å². The molecule has 3 nitrogen and oxygen atoms in total. The van der Waals surface area contributed by atoms with Crippen LogP contribution in [0.15, 0.2) is 24.3 Å². The van der Waals surface area contributed by atoms with Crippen molar-refractivity contribution in [3.05, 3.63) is 35.4 Å². The number of esters is 1. The Morgan fingerprint density at radius 2 is 2.05 bits per heavy atom. The van der Waals surface area contributed by atoms with E-state index in [2.05, 4.69) is 6.92 Å². The van der Waals surface area contributed by atoms with Gasteiger partial charge in [-0.25, -0.2) is 4.79 Å². The highest BCUT2D eigenvalue weighted by atomic mass is 16.6. The predicted octanol–water partition coefficient (Wildman–Crippen LogP) is 2.69. The summed E-state index contributed by atoms with van der Waals surface area (Å²) in [5.41, 5.74) is 0.955. The molecule has 1 aliphatic heterocycles. The molecular weight excluding hydrogens is 240 g/mol. The van der Waals surface area contributed by atoms with Gasteiger partial charge in [0, 0.05) is 17.9 Å². The molecule has 4 rings (SSSR count). The smallest absolute Gasteiger partial charge is 0.339 e. The molecule has 19 heavy (non-hydrogen) atoms. The van der Waals surface area contributed by atoms with E-state index in [4.69, 9.17) is 4.74 Å². The fraction of sp³-hybridized carbons (Fsp3) is 0.500. The van der Waals surface area contributed by atoms with Crippen molar-refractivity contribution in [1.29, 1.82) is 0 Å². The number of rotatable bonds is 0. The molecule has 1 aromatic carbocycles. The van der Waals surface area contributed by atoms with Gasteiger partial charge >= 0.3 is 5.97 Å². The molecule has 1 aromatic rings. The van der Waals surface area contributed by atoms with Crippen LogP contribution >= 0.6 is 0 Å². The average Bonchev–Trinajstić information content (AvgIpc) is 2.77. The van der Waals surface area contributed by atoms with Crippen LogP contribution in [0, 0.1) is 17.8 Å². The zero-order valence-electron chi connectivity index (χ0n) is 10.9. The highest BCUT2D eigenvalue weighted by molar-refractivity contribution is 5.97. The highest BCUT2D eigenvalue weighted by Crippen LogP contribution is 2.61. The van der Waals surface area contributed by atoms with Gasteiger partial charge < -0.3 is 4.74 Å². The van der Waals surface area contributed by atoms with Crippen LogP contribution in [0.1, 0.15) is 42.1 Å². The Morgan fingerprint density at radius 1 is 1.26 bits per heavy atom. The van der Waals surface area contributed by atoms with Crippen molar-refractivity contribution < 1.29 is 14.3 Å². The third-order valence-corrected chi connectivity index (χ3v) is 5.21. The summed E-state index contributed by atoms with van der Waals surface area (Å²) < 4.78 is 5.83. The Hall–Kier alpha value is -1.64. The van der Waals surface area contributed by atoms with Crippen LogP contribution < -0.4 is 0 Å². The minimum Gasteiger partial charge on any atom is -0.449 e. The fourth-order valence-corrected chi connectivity index (χ4v) is 4.60. The molecule has 0 radical (unpaired) electrons. The summed E-state index contributed by atoms with van der Waals surface area (Å²) in [5.74, 6) is 0.482. The Morgan fingerprint density at radius 3 is 2.89 bits per heavy atom. The van der Waals surface area contributed by atoms with E-state index in [0.29, 0.717) is 23.8 Å². The Kier molecular flexibility index (Phi) is 2.05. The van der Waals surface area contributed by atoms with Crippen LogP contribution in [0.3, 0.4) is 0 Å². The maximum atomic E-state index is 12.3. The minimum atomic E-state index is -0.650. The van der Waals surface area contributed by atoms with Gasteiger partial charge in [0.15, 0.2) is 5.60 Å². The second-order valence-electron chi connectivity index (χ2n) is 6.12. The SMILES string of the molecule is CC1CC2CCC(=O)C1C21OC(=O)c2ccccc21. The molecule has 2 fully saturated rings. The molecule has 3 aliphatic rings. The van der Waals surface area contributed by atoms with Crippen LogP contribution in [0.5, 0.6) is 0 Å². The van der Waals surface area contributed by atoms with Crippen molar-refractivity contribution in [3.63, 3.8) is 0 Å². The number of benzene rings is 1. The van der Waals surface area contributed by atoms with Gasteiger partial charge in [-0.05, 0) is 24.8 Å². The quantitative estimate of drug-likeness (QED) is 0.670. The van der Waals surface area contributed by atoms with Gasteiger partial charge in [-0.2, -0.15) is 0 Å². The molecule has 0 saturated heterocycles. The van der Waals surface area contributed by atoms with E-state index in [0.717, 1.165) is 18.4 Å². The molecule has 98 valence electrons. The van der Waals surface area contributed by atoms with Crippen LogP contribution in [0.25, 0.3) is 0 Å². The number of Topliss-reactive ketones (excluding diaryl/α,β-unsaturated/α-hetero) is 1. The van der Waals surface area contributed by atoms with E-state index in [-0.39, 0.29) is 17.7 Å². The average molecular weight is 256 g/mol. The topological polar surface area (TPSA) is 43.4 Å². The summed E-state index contributed by atoms with van der Waals surface area (Å²) in [7, 11) is 0. The Labute approximate surface area is 111 Å². The lowest BCUT2D eigenvalue weighted by molar-refractivity contribution is -0.141. The van der Waals surface area contributed by atoms with Crippen molar-refractivity contribution >= 4 is 11.8 Å². The normalized spacial score (nSPS) is 39.5. The summed E-state index contributed by atoms with van der Waals surface area (Å²) in [6.07, 6.45) is 2.47. The van der Waals surface area contributed by atoms with E-state index in [9.17, 15) is 9.59 Å². The Bertz CT molecular complexity index is 591. The number of carbonyl (C=O) groups excluding carboxylic acids is 2. The minimum absolute atomic E-state index is 0.140. The molecule has 1 heterocycles. The highest BCUT2D eigenvalue weighted by Gasteiger charge is 2.65. The second-order valence-corrected chi connectivity index (χ2v) is 6.12. The van der Waals surface area contributed by atoms with Gasteiger partial charge in [0.2, 0.25) is 0 Å². The molecule has 3 heteroatoms. The first-order valence-corrected chi connectivity index (χ1v) is 7.00. The molecule has 4 atom stereocenters. The van der Waals surface area contributed by atoms with Gasteiger partial charge in [0.1, 0.15) is 5.78 Å². The molecule has 4 unspecified atom stereocenters. The summed E-state index contributed by atoms with van der Waals surface area (Å²) in [6, 6.07) is 7.58. The molecule has 0 N–H and O–H groups in total. The number of fused-ring (bicyclic) bond motifs is 1. The van der Waals surface area contributed by atoms with Gasteiger partial charge in [-0.3, -0.25) is 4.79 Å². The first kappa shape index (κ1) is 11.2. The monoisotopic (exact) mass is 256 g/mol. The summed E-state index contributed by atoms with van der Waals surface area (Å²) >= 11 is 0. The van der Waals surface area contributed by atoms with Crippen molar-refractivity contribution in [2.24, 2.45) is 17.8 Å². The van der Waals surface area contributed by atoms with E-state index in [1.807, 2.05) is 24.3 Å². The van der Waals surface area contributed by atoms with Gasteiger partial charge in [-0.15, -0.1) is 0 Å². The van der Waals surface area contributed by atoms with Crippen molar-refractivity contribution in [3.8, 4) is 0 Å². The summed E-state index contributed by atoms with van der Waals surface area (Å²) in [6.45, 7) is 2.12. The number of hydrogen-bond acceptors (Lipinski definition) is 3.